The van der Waals surface area contributed by atoms with Gasteiger partial charge in [-0.2, -0.15) is 0 Å². The van der Waals surface area contributed by atoms with E-state index in [2.05, 4.69) is 20.6 Å². The Balaban J connectivity index is 1.83. The second kappa shape index (κ2) is 8.96. The van der Waals surface area contributed by atoms with Crippen LogP contribution in [0.2, 0.25) is 5.02 Å². The van der Waals surface area contributed by atoms with Gasteiger partial charge in [-0.05, 0) is 48.9 Å². The minimum atomic E-state index is -0.248. The maximum absolute atomic E-state index is 12.5. The quantitative estimate of drug-likeness (QED) is 0.521. The third-order valence-corrected chi connectivity index (χ3v) is 4.32. The Morgan fingerprint density at radius 1 is 1.04 bits per heavy atom. The SMILES string of the molecule is Cc1c(Cl)cccc1NC(=NCc1ccccn1)NC(=O)c1ccccc1. The molecule has 1 aromatic heterocycles. The minimum Gasteiger partial charge on any atom is -0.326 e. The predicted molar refractivity (Wildman–Crippen MR) is 109 cm³/mol. The number of guanidine groups is 1. The molecule has 0 bridgehead atoms. The lowest BCUT2D eigenvalue weighted by molar-refractivity contribution is 0.0977. The molecule has 0 saturated carbocycles. The van der Waals surface area contributed by atoms with E-state index in [0.717, 1.165) is 16.9 Å². The van der Waals surface area contributed by atoms with Crippen molar-refractivity contribution in [3.05, 3.63) is 94.8 Å². The highest BCUT2D eigenvalue weighted by molar-refractivity contribution is 6.31. The van der Waals surface area contributed by atoms with Gasteiger partial charge in [-0.15, -0.1) is 0 Å². The van der Waals surface area contributed by atoms with Crippen molar-refractivity contribution in [3.63, 3.8) is 0 Å². The standard InChI is InChI=1S/C21H19ClN4O/c1-15-18(22)11-7-12-19(15)25-21(24-14-17-10-5-6-13-23-17)26-20(27)16-8-3-2-4-9-16/h2-13H,14H2,1H3,(H2,24,25,26,27). The van der Waals surface area contributed by atoms with Crippen molar-refractivity contribution in [3.8, 4) is 0 Å². The zero-order chi connectivity index (χ0) is 19.1. The van der Waals surface area contributed by atoms with Gasteiger partial charge in [0.1, 0.15) is 0 Å². The zero-order valence-corrected chi connectivity index (χ0v) is 15.6. The highest BCUT2D eigenvalue weighted by Gasteiger charge is 2.11. The number of pyridine rings is 1. The van der Waals surface area contributed by atoms with Crippen LogP contribution in [0.15, 0.2) is 77.9 Å². The van der Waals surface area contributed by atoms with E-state index in [1.165, 1.54) is 0 Å². The van der Waals surface area contributed by atoms with E-state index in [4.69, 9.17) is 11.6 Å². The summed E-state index contributed by atoms with van der Waals surface area (Å²) < 4.78 is 0. The number of hydrogen-bond acceptors (Lipinski definition) is 3. The maximum Gasteiger partial charge on any atom is 0.257 e. The number of amides is 1. The number of carbonyl (C=O) groups excluding carboxylic acids is 1. The van der Waals surface area contributed by atoms with Gasteiger partial charge in [0, 0.05) is 22.5 Å². The van der Waals surface area contributed by atoms with Gasteiger partial charge in [-0.25, -0.2) is 4.99 Å². The minimum absolute atomic E-state index is 0.248. The fraction of sp³-hybridized carbons (Fsp3) is 0.0952. The molecule has 27 heavy (non-hydrogen) atoms. The van der Waals surface area contributed by atoms with Crippen LogP contribution in [-0.4, -0.2) is 16.9 Å². The first-order valence-corrected chi connectivity index (χ1v) is 8.84. The van der Waals surface area contributed by atoms with Crippen molar-refractivity contribution in [2.45, 2.75) is 13.5 Å². The van der Waals surface area contributed by atoms with Crippen LogP contribution < -0.4 is 10.6 Å². The van der Waals surface area contributed by atoms with Gasteiger partial charge in [0.15, 0.2) is 0 Å². The Kier molecular flexibility index (Phi) is 6.18. The summed E-state index contributed by atoms with van der Waals surface area (Å²) in [5, 5.41) is 6.63. The number of benzene rings is 2. The van der Waals surface area contributed by atoms with Crippen molar-refractivity contribution < 1.29 is 4.79 Å². The number of rotatable bonds is 4. The number of carbonyl (C=O) groups is 1. The maximum atomic E-state index is 12.5. The molecule has 2 aromatic carbocycles. The van der Waals surface area contributed by atoms with E-state index in [0.29, 0.717) is 23.1 Å². The zero-order valence-electron chi connectivity index (χ0n) is 14.8. The van der Waals surface area contributed by atoms with Crippen molar-refractivity contribution in [2.75, 3.05) is 5.32 Å². The Morgan fingerprint density at radius 2 is 1.81 bits per heavy atom. The van der Waals surface area contributed by atoms with Crippen LogP contribution in [0.1, 0.15) is 21.6 Å². The summed E-state index contributed by atoms with van der Waals surface area (Å²) in [6.45, 7) is 2.23. The molecule has 0 saturated heterocycles. The van der Waals surface area contributed by atoms with Crippen molar-refractivity contribution in [1.82, 2.24) is 10.3 Å². The molecular formula is C21H19ClN4O. The molecular weight excluding hydrogens is 360 g/mol. The summed E-state index contributed by atoms with van der Waals surface area (Å²) >= 11 is 6.19. The van der Waals surface area contributed by atoms with Crippen molar-refractivity contribution >= 4 is 29.2 Å². The summed E-state index contributed by atoms with van der Waals surface area (Å²) in [6, 6.07) is 20.1. The van der Waals surface area contributed by atoms with Gasteiger partial charge < -0.3 is 5.32 Å². The van der Waals surface area contributed by atoms with Gasteiger partial charge in [-0.3, -0.25) is 15.1 Å². The van der Waals surface area contributed by atoms with Crippen LogP contribution in [0.5, 0.6) is 0 Å². The van der Waals surface area contributed by atoms with Crippen LogP contribution in [-0.2, 0) is 6.54 Å². The second-order valence-electron chi connectivity index (χ2n) is 5.84. The molecule has 0 fully saturated rings. The Hall–Kier alpha value is -3.18. The molecule has 0 aliphatic rings. The number of anilines is 1. The van der Waals surface area contributed by atoms with Crippen LogP contribution in [0.4, 0.5) is 5.69 Å². The van der Waals surface area contributed by atoms with Gasteiger partial charge in [0.05, 0.1) is 12.2 Å². The summed E-state index contributed by atoms with van der Waals surface area (Å²) in [5.74, 6) is 0.0856. The van der Waals surface area contributed by atoms with Gasteiger partial charge >= 0.3 is 0 Å². The summed E-state index contributed by atoms with van der Waals surface area (Å²) in [6.07, 6.45) is 1.71. The number of halogens is 1. The molecule has 1 amide bonds. The number of hydrogen-bond donors (Lipinski definition) is 2. The fourth-order valence-electron chi connectivity index (χ4n) is 2.40. The van der Waals surface area contributed by atoms with E-state index in [-0.39, 0.29) is 5.91 Å². The number of nitrogens with zero attached hydrogens (tertiary/aromatic N) is 2. The molecule has 0 spiro atoms. The third kappa shape index (κ3) is 5.15. The molecule has 0 unspecified atom stereocenters. The topological polar surface area (TPSA) is 66.4 Å². The molecule has 5 nitrogen and oxygen atoms in total. The molecule has 1 heterocycles. The monoisotopic (exact) mass is 378 g/mol. The summed E-state index contributed by atoms with van der Waals surface area (Å²) in [5.41, 5.74) is 3.00. The number of aromatic nitrogens is 1. The Morgan fingerprint density at radius 3 is 2.56 bits per heavy atom. The predicted octanol–water partition coefficient (Wildman–Crippen LogP) is 4.44. The van der Waals surface area contributed by atoms with Gasteiger partial charge in [0.25, 0.3) is 5.91 Å². The molecule has 0 atom stereocenters. The molecule has 0 radical (unpaired) electrons. The van der Waals surface area contributed by atoms with E-state index >= 15 is 0 Å². The average molecular weight is 379 g/mol. The second-order valence-corrected chi connectivity index (χ2v) is 6.25. The van der Waals surface area contributed by atoms with Crippen LogP contribution in [0.25, 0.3) is 0 Å². The summed E-state index contributed by atoms with van der Waals surface area (Å²) in [4.78, 5) is 21.3. The average Bonchev–Trinajstić information content (AvgIpc) is 2.71. The first-order valence-electron chi connectivity index (χ1n) is 8.46. The molecule has 0 aliphatic heterocycles. The smallest absolute Gasteiger partial charge is 0.257 e. The number of aliphatic imine (C=N–C) groups is 1. The lowest BCUT2D eigenvalue weighted by atomic mass is 10.2. The number of nitrogens with one attached hydrogen (secondary N) is 2. The highest BCUT2D eigenvalue weighted by Crippen LogP contribution is 2.22. The molecule has 136 valence electrons. The highest BCUT2D eigenvalue weighted by atomic mass is 35.5. The van der Waals surface area contributed by atoms with Crippen LogP contribution in [0, 0.1) is 6.92 Å². The lowest BCUT2D eigenvalue weighted by Crippen LogP contribution is -2.36. The van der Waals surface area contributed by atoms with E-state index in [1.807, 2.05) is 61.5 Å². The third-order valence-electron chi connectivity index (χ3n) is 3.91. The van der Waals surface area contributed by atoms with Crippen molar-refractivity contribution in [1.29, 1.82) is 0 Å². The van der Waals surface area contributed by atoms with Gasteiger partial charge in [0.2, 0.25) is 5.96 Å². The van der Waals surface area contributed by atoms with Crippen LogP contribution in [0.3, 0.4) is 0 Å². The Bertz CT molecular complexity index is 943. The normalized spacial score (nSPS) is 11.1. The van der Waals surface area contributed by atoms with E-state index < -0.39 is 0 Å². The Labute approximate surface area is 163 Å². The largest absolute Gasteiger partial charge is 0.326 e. The van der Waals surface area contributed by atoms with Crippen molar-refractivity contribution in [2.24, 2.45) is 4.99 Å². The molecule has 6 heteroatoms. The lowest BCUT2D eigenvalue weighted by Gasteiger charge is -2.14. The molecule has 0 aliphatic carbocycles. The van der Waals surface area contributed by atoms with E-state index in [1.54, 1.807) is 18.3 Å². The summed E-state index contributed by atoms with van der Waals surface area (Å²) in [7, 11) is 0. The molecule has 2 N–H and O–H groups in total. The van der Waals surface area contributed by atoms with Crippen LogP contribution >= 0.6 is 11.6 Å². The van der Waals surface area contributed by atoms with Gasteiger partial charge in [-0.1, -0.05) is 41.9 Å². The van der Waals surface area contributed by atoms with E-state index in [9.17, 15) is 4.79 Å². The first kappa shape index (κ1) is 18.6. The fourth-order valence-corrected chi connectivity index (χ4v) is 2.58. The first-order chi connectivity index (χ1) is 13.1. The molecule has 3 aromatic rings. The molecule has 3 rings (SSSR count).